The molecule has 0 radical (unpaired) electrons. The van der Waals surface area contributed by atoms with Crippen LogP contribution in [0.25, 0.3) is 42.0 Å². The first-order valence-corrected chi connectivity index (χ1v) is 20.6. The maximum absolute atomic E-state index is 12.2. The van der Waals surface area contributed by atoms with E-state index in [9.17, 15) is 9.59 Å². The maximum atomic E-state index is 12.2. The number of ether oxygens (including phenoxy) is 2. The molecule has 8 aromatic rings. The van der Waals surface area contributed by atoms with Gasteiger partial charge in [-0.3, -0.25) is 19.3 Å². The molecule has 10 rings (SSSR count). The Balaban J connectivity index is 0.000000462. The number of alkyl halides is 1. The Hall–Kier alpha value is -2.48. The molecule has 362 valence electrons. The summed E-state index contributed by atoms with van der Waals surface area (Å²) in [5.41, 5.74) is -4.18. The molecule has 4 aromatic carbocycles. The second-order valence-electron chi connectivity index (χ2n) is 11.7. The summed E-state index contributed by atoms with van der Waals surface area (Å²) in [6.07, 6.45) is -16.1. The number of anilines is 2. The monoisotopic (exact) mass is 1150 g/mol. The first-order valence-electron chi connectivity index (χ1n) is 40.0. The molecule has 0 aliphatic carbocycles. The fraction of sp³-hybridized carbons (Fsp3) is 0.327. The normalized spacial score (nSPS) is 29.8. The number of aromatic nitrogens is 2. The second-order valence-corrected chi connectivity index (χ2v) is 14.0. The second kappa shape index (κ2) is 32.7. The van der Waals surface area contributed by atoms with Crippen molar-refractivity contribution in [3.63, 3.8) is 0 Å². The zero-order chi connectivity index (χ0) is 85.8. The molecule has 0 spiro atoms. The van der Waals surface area contributed by atoms with E-state index >= 15 is 0 Å². The number of fused-ring (bicyclic) bond motifs is 4. The van der Waals surface area contributed by atoms with Gasteiger partial charge >= 0.3 is 103 Å². The molecule has 0 unspecified atom stereocenters. The van der Waals surface area contributed by atoms with Gasteiger partial charge in [0.05, 0.1) is 57.0 Å². The molecule has 6 heterocycles. The van der Waals surface area contributed by atoms with Crippen LogP contribution >= 0.6 is 38.6 Å². The molecular weight excluding hydrogens is 1040 g/mol. The van der Waals surface area contributed by atoms with E-state index in [4.69, 9.17) is 79.8 Å². The molecule has 13 nitrogen and oxygen atoms in total. The maximum Gasteiger partial charge on any atom is 1.00 e. The number of halogens is 1. The Morgan fingerprint density at radius 1 is 0.700 bits per heavy atom. The van der Waals surface area contributed by atoms with Crippen molar-refractivity contribution in [2.24, 2.45) is 0 Å². The summed E-state index contributed by atoms with van der Waals surface area (Å²) in [6, 6.07) is -1.52. The van der Waals surface area contributed by atoms with Gasteiger partial charge in [-0.2, -0.15) is 0 Å². The van der Waals surface area contributed by atoms with Crippen molar-refractivity contribution in [2.45, 2.75) is 32.9 Å². The Labute approximate surface area is 574 Å². The summed E-state index contributed by atoms with van der Waals surface area (Å²) in [4.78, 5) is 38.9. The number of nitrogens with zero attached hydrogens (tertiary/aromatic N) is 3. The summed E-state index contributed by atoms with van der Waals surface area (Å²) in [7, 11) is 0. The Kier molecular flexibility index (Phi) is 10.6. The van der Waals surface area contributed by atoms with Crippen LogP contribution in [0.1, 0.15) is 94.7 Å². The van der Waals surface area contributed by atoms with Gasteiger partial charge in [0, 0.05) is 140 Å². The van der Waals surface area contributed by atoms with Crippen LogP contribution in [-0.4, -0.2) is 98.2 Å². The number of pyridine rings is 2. The number of hydrogen-bond acceptors (Lipinski definition) is 13. The summed E-state index contributed by atoms with van der Waals surface area (Å²) in [5, 5.41) is 9.65. The minimum Gasteiger partial charge on any atom is -1.00 e. The third-order valence-electron chi connectivity index (χ3n) is 7.72. The van der Waals surface area contributed by atoms with Gasteiger partial charge in [-0.1, -0.05) is 35.5 Å². The number of carbonyl (C=O) groups excluding carboxylic acids is 1. The summed E-state index contributed by atoms with van der Waals surface area (Å²) < 4.78 is 371. The van der Waals surface area contributed by atoms with Crippen molar-refractivity contribution in [3.8, 4) is 11.5 Å². The van der Waals surface area contributed by atoms with E-state index in [0.717, 1.165) is 28.7 Å². The van der Waals surface area contributed by atoms with Crippen LogP contribution in [0.2, 0.25) is 0 Å². The Morgan fingerprint density at radius 2 is 1.24 bits per heavy atom. The van der Waals surface area contributed by atoms with E-state index in [1.165, 1.54) is 24.3 Å². The van der Waals surface area contributed by atoms with Crippen LogP contribution in [0.15, 0.2) is 129 Å². The number of nitrogens with one attached hydrogen (secondary N) is 3. The number of rotatable bonds is 14. The van der Waals surface area contributed by atoms with Gasteiger partial charge in [0.2, 0.25) is 11.1 Å². The van der Waals surface area contributed by atoms with Crippen LogP contribution in [0.5, 0.6) is 11.5 Å². The van der Waals surface area contributed by atoms with Gasteiger partial charge in [-0.15, -0.1) is 22.7 Å². The molecule has 0 amide bonds. The van der Waals surface area contributed by atoms with E-state index in [2.05, 4.69) is 25.8 Å². The van der Waals surface area contributed by atoms with Crippen molar-refractivity contribution >= 4 is 98.4 Å². The minimum atomic E-state index is -4.53. The summed E-state index contributed by atoms with van der Waals surface area (Å²) in [5.74, 6) is -2.33. The van der Waals surface area contributed by atoms with Gasteiger partial charge < -0.3 is 46.1 Å². The number of piperazine rings is 2. The molecule has 0 atom stereocenters. The molecule has 2 fully saturated rings. The molecule has 2 aliphatic heterocycles. The first kappa shape index (κ1) is 22.8. The Morgan fingerprint density at radius 3 is 1.83 bits per heavy atom. The van der Waals surface area contributed by atoms with Crippen LogP contribution in [0.3, 0.4) is 0 Å². The van der Waals surface area contributed by atoms with E-state index in [0.29, 0.717) is 14.3 Å². The van der Waals surface area contributed by atoms with Gasteiger partial charge in [0.1, 0.15) is 11.5 Å². The molecule has 4 aromatic heterocycles. The van der Waals surface area contributed by atoms with E-state index in [1.54, 1.807) is 22.1 Å². The summed E-state index contributed by atoms with van der Waals surface area (Å²) >= 11 is 4.63. The van der Waals surface area contributed by atoms with Crippen molar-refractivity contribution in [1.29, 1.82) is 0 Å². The number of H-pyrrole nitrogens is 2. The Bertz CT molecular complexity index is 5070. The zero-order valence-corrected chi connectivity index (χ0v) is 44.6. The molecule has 3 N–H and O–H groups in total. The van der Waals surface area contributed by atoms with Crippen LogP contribution in [0.4, 0.5) is 11.4 Å². The minimum absolute atomic E-state index is 0. The smallest absolute Gasteiger partial charge is 1.00 e. The van der Waals surface area contributed by atoms with Crippen LogP contribution in [0, 0.1) is 0 Å². The molecule has 2 saturated heterocycles. The van der Waals surface area contributed by atoms with Gasteiger partial charge in [-0.25, -0.2) is 0 Å². The quantitative estimate of drug-likeness (QED) is 0.0484. The zero-order valence-electron chi connectivity index (χ0n) is 80.1. The molecule has 18 heteroatoms. The largest absolute Gasteiger partial charge is 1.00 e. The molecule has 0 saturated carbocycles. The molecule has 2 aliphatic rings. The predicted octanol–water partition coefficient (Wildman–Crippen LogP) is 3.31. The summed E-state index contributed by atoms with van der Waals surface area (Å²) in [6.45, 7) is -40.1. The van der Waals surface area contributed by atoms with Crippen molar-refractivity contribution < 1.29 is 189 Å². The number of hydrogen-bond donors (Lipinski definition) is 3. The SMILES string of the molecule is C.O=CO[O-].[2H]c1c(OC([2H])([2H])C([2H])([2H])C([2H])([2H])C([2H])([2H])Br)c([2H])c2[nH]c(=O)c([2H])c([2H])c2c1[2H].[2H]c1c(OC([2H])([2H])C([2H])([2H])C([2H])([2H])C([2H])([2H])N2C([2H])([2H])C([2H])([2H])N(c3cccc4sccc34)C([2H])([2H])C2([2H])[2H])c([2H])c2[nH]c(=O)c([2H])c([2H])c2c1[2H].[2H]c1cc([2H])c2sccc2c1N1C([2H])([2H])C([2H])([2H])NC([2H])([2H])C1([2H])[2H].[H-].[K+].[K+]. The third kappa shape index (κ3) is 18.2. The first-order chi connectivity index (χ1) is 49.8. The molecular formula is C52H61BrK2N6O7S2. The van der Waals surface area contributed by atoms with Gasteiger partial charge in [-0.05, 0) is 126 Å². The number of carbonyl (C=O) groups is 1. The predicted molar refractivity (Wildman–Crippen MR) is 285 cm³/mol. The van der Waals surface area contributed by atoms with E-state index in [1.807, 2.05) is 4.98 Å². The topological polar surface area (TPSA) is 155 Å². The third-order valence-corrected chi connectivity index (χ3v) is 9.65. The van der Waals surface area contributed by atoms with Crippen LogP contribution in [-0.2, 0) is 9.68 Å². The van der Waals surface area contributed by atoms with Crippen LogP contribution < -0.4 is 144 Å². The fourth-order valence-electron chi connectivity index (χ4n) is 5.08. The van der Waals surface area contributed by atoms with Crippen molar-refractivity contribution in [3.05, 3.63) is 140 Å². The average Bonchev–Trinajstić information content (AvgIpc) is 1.20. The van der Waals surface area contributed by atoms with Crippen molar-refractivity contribution in [2.75, 3.05) is 86.7 Å². The molecule has 0 bridgehead atoms. The average molecular weight is 1150 g/mol. The number of thiophene rings is 2. The molecule has 70 heavy (non-hydrogen) atoms. The standard InChI is InChI=1S/C25H27N3O2S.C13H14BrNO2.C12H14N2S.CH2O3.CH4.2K.H/c29-25-9-7-19-6-8-20(18-22(19)26-25)30-16-2-1-11-27-12-14-28(15-13-27)23-4-3-5-24-21(23)10-17-31-24;14-7-1-2-8-17-11-5-3-10-4-6-13(16)15-12(10)9-11;1-2-11(14-7-5-13-6-8-14)10-4-9-15-12(10)3-1;2-1-4-3;;;;/h3-10,17-18H,1-2,11-16H2,(H,26,29);3-6,9H,1-2,7-8H2,(H,15,16);1-4,9,13H,5-8H2;1,3H;1H4;;;/q;;;;;2*+1;-1/p-1/i1D2,2D2,6D,7D,8D,9D,11D2,12D2,13D2,14D2,15D2,16D2,18D;1D2,2D2,3D,4D,5D,6D,7D2,8D2,9D;2D,3D,5D2,6D2,7D2,8D2;;;;;. The van der Waals surface area contributed by atoms with E-state index < -0.39 is 212 Å². The van der Waals surface area contributed by atoms with Crippen molar-refractivity contribution in [1.82, 2.24) is 20.2 Å². The van der Waals surface area contributed by atoms with Gasteiger partial charge in [0.25, 0.3) is 6.47 Å². The fourth-order valence-corrected chi connectivity index (χ4v) is 6.74. The number of benzene rings is 4. The number of aromatic amines is 2. The van der Waals surface area contributed by atoms with Gasteiger partial charge in [0.15, 0.2) is 0 Å². The van der Waals surface area contributed by atoms with E-state index in [-0.39, 0.29) is 157 Å².